The summed E-state index contributed by atoms with van der Waals surface area (Å²) in [6.07, 6.45) is 1.43. The molecule has 0 atom stereocenters. The van der Waals surface area contributed by atoms with Crippen molar-refractivity contribution in [2.45, 2.75) is 0 Å². The third-order valence-corrected chi connectivity index (χ3v) is 5.23. The lowest BCUT2D eigenvalue weighted by atomic mass is 10.6. The molecule has 0 heterocycles. The average molecular weight is 339 g/mol. The SMILES string of the molecule is C[NH+](C)CCOC(=O)CN(S(C)(=O)=O)S(C)(=O)=O.[Cl-]. The van der Waals surface area contributed by atoms with E-state index >= 15 is 0 Å². The molecule has 0 unspecified atom stereocenters. The predicted molar refractivity (Wildman–Crippen MR) is 65.0 cm³/mol. The highest BCUT2D eigenvalue weighted by Gasteiger charge is 2.29. The summed E-state index contributed by atoms with van der Waals surface area (Å²) in [5.74, 6) is -0.896. The maximum absolute atomic E-state index is 11.3. The summed E-state index contributed by atoms with van der Waals surface area (Å²) in [7, 11) is -4.33. The molecule has 0 aromatic carbocycles. The Balaban J connectivity index is 0. The minimum atomic E-state index is -4.02. The minimum absolute atomic E-state index is 0. The van der Waals surface area contributed by atoms with Crippen molar-refractivity contribution in [1.29, 1.82) is 0 Å². The molecule has 0 aliphatic rings. The van der Waals surface area contributed by atoms with E-state index in [1.807, 2.05) is 14.1 Å². The van der Waals surface area contributed by atoms with E-state index < -0.39 is 32.6 Å². The standard InChI is InChI=1S/C8H18N2O6S2.ClH/c1-9(2)5-6-16-8(11)7-10(17(3,12)13)18(4,14)15;/h5-7H2,1-4H3;1H. The maximum Gasteiger partial charge on any atom is 0.322 e. The van der Waals surface area contributed by atoms with Crippen LogP contribution in [0.25, 0.3) is 0 Å². The molecule has 11 heteroatoms. The number of carbonyl (C=O) groups is 1. The van der Waals surface area contributed by atoms with E-state index in [4.69, 9.17) is 4.74 Å². The number of esters is 1. The largest absolute Gasteiger partial charge is 1.00 e. The lowest BCUT2D eigenvalue weighted by Gasteiger charge is -2.16. The normalized spacial score (nSPS) is 12.3. The molecule has 0 spiro atoms. The first-order valence-electron chi connectivity index (χ1n) is 5.07. The monoisotopic (exact) mass is 338 g/mol. The van der Waals surface area contributed by atoms with Gasteiger partial charge in [0.15, 0.2) is 0 Å². The van der Waals surface area contributed by atoms with Gasteiger partial charge in [-0.2, -0.15) is 0 Å². The Hall–Kier alpha value is -0.420. The van der Waals surface area contributed by atoms with E-state index in [0.29, 0.717) is 19.1 Å². The Morgan fingerprint density at radius 3 is 1.84 bits per heavy atom. The van der Waals surface area contributed by atoms with Gasteiger partial charge in [-0.25, -0.2) is 16.8 Å². The molecule has 1 N–H and O–H groups in total. The van der Waals surface area contributed by atoms with E-state index in [1.54, 1.807) is 0 Å². The summed E-state index contributed by atoms with van der Waals surface area (Å²) in [5, 5.41) is 0. The van der Waals surface area contributed by atoms with E-state index in [0.717, 1.165) is 4.90 Å². The van der Waals surface area contributed by atoms with Crippen molar-refractivity contribution in [2.75, 3.05) is 46.3 Å². The molecule has 0 saturated heterocycles. The van der Waals surface area contributed by atoms with Crippen LogP contribution in [0.1, 0.15) is 0 Å². The summed E-state index contributed by atoms with van der Waals surface area (Å²) < 4.78 is 49.8. The van der Waals surface area contributed by atoms with Crippen LogP contribution in [0.15, 0.2) is 0 Å². The van der Waals surface area contributed by atoms with Gasteiger partial charge in [-0.1, -0.05) is 3.71 Å². The second-order valence-corrected chi connectivity index (χ2v) is 8.18. The second kappa shape index (κ2) is 8.00. The van der Waals surface area contributed by atoms with Crippen molar-refractivity contribution < 1.29 is 43.7 Å². The molecule has 0 rings (SSSR count). The number of hydrogen-bond donors (Lipinski definition) is 1. The quantitative estimate of drug-likeness (QED) is 0.464. The number of nitrogens with zero attached hydrogens (tertiary/aromatic N) is 1. The molecule has 116 valence electrons. The predicted octanol–water partition coefficient (Wildman–Crippen LogP) is -6.10. The Labute approximate surface area is 120 Å². The molecule has 8 nitrogen and oxygen atoms in total. The number of quaternary nitrogens is 1. The molecule has 0 saturated carbocycles. The summed E-state index contributed by atoms with van der Waals surface area (Å²) in [4.78, 5) is 12.4. The fourth-order valence-corrected chi connectivity index (χ4v) is 3.65. The van der Waals surface area contributed by atoms with Crippen LogP contribution in [-0.2, 0) is 29.6 Å². The first-order chi connectivity index (χ1) is 7.94. The molecular formula is C8H19ClN2O6S2. The van der Waals surface area contributed by atoms with Gasteiger partial charge in [0.2, 0.25) is 20.0 Å². The zero-order valence-electron chi connectivity index (χ0n) is 11.2. The number of carbonyl (C=O) groups excluding carboxylic acids is 1. The van der Waals surface area contributed by atoms with Gasteiger partial charge in [-0.3, -0.25) is 4.79 Å². The van der Waals surface area contributed by atoms with Crippen molar-refractivity contribution in [3.05, 3.63) is 0 Å². The van der Waals surface area contributed by atoms with Gasteiger partial charge in [0, 0.05) is 0 Å². The second-order valence-electron chi connectivity index (χ2n) is 4.13. The highest BCUT2D eigenvalue weighted by molar-refractivity contribution is 8.03. The molecule has 0 aromatic rings. The van der Waals surface area contributed by atoms with Gasteiger partial charge >= 0.3 is 5.97 Å². The Kier molecular flexibility index (Phi) is 8.79. The van der Waals surface area contributed by atoms with Crippen molar-refractivity contribution >= 4 is 26.0 Å². The molecule has 0 amide bonds. The van der Waals surface area contributed by atoms with Gasteiger partial charge in [-0.05, 0) is 0 Å². The van der Waals surface area contributed by atoms with Crippen molar-refractivity contribution in [1.82, 2.24) is 3.71 Å². The van der Waals surface area contributed by atoms with Crippen LogP contribution >= 0.6 is 0 Å². The number of ether oxygens (including phenoxy) is 1. The van der Waals surface area contributed by atoms with Crippen LogP contribution in [0.3, 0.4) is 0 Å². The van der Waals surface area contributed by atoms with Crippen LogP contribution in [0.5, 0.6) is 0 Å². The molecule has 0 aromatic heterocycles. The van der Waals surface area contributed by atoms with Crippen LogP contribution in [0.2, 0.25) is 0 Å². The minimum Gasteiger partial charge on any atom is -1.00 e. The van der Waals surface area contributed by atoms with Crippen LogP contribution in [0.4, 0.5) is 0 Å². The van der Waals surface area contributed by atoms with Crippen LogP contribution in [-0.4, -0.2) is 72.8 Å². The van der Waals surface area contributed by atoms with E-state index in [2.05, 4.69) is 0 Å². The molecular weight excluding hydrogens is 320 g/mol. The third-order valence-electron chi connectivity index (χ3n) is 1.86. The average Bonchev–Trinajstić information content (AvgIpc) is 2.09. The van der Waals surface area contributed by atoms with E-state index in [-0.39, 0.29) is 22.7 Å². The molecule has 0 aliphatic carbocycles. The van der Waals surface area contributed by atoms with Gasteiger partial charge in [0.25, 0.3) is 0 Å². The van der Waals surface area contributed by atoms with Gasteiger partial charge < -0.3 is 22.0 Å². The molecule has 0 fully saturated rings. The Morgan fingerprint density at radius 1 is 1.11 bits per heavy atom. The van der Waals surface area contributed by atoms with Crippen molar-refractivity contribution in [3.63, 3.8) is 0 Å². The van der Waals surface area contributed by atoms with Crippen LogP contribution in [0, 0.1) is 0 Å². The third kappa shape index (κ3) is 9.16. The lowest BCUT2D eigenvalue weighted by molar-refractivity contribution is -0.858. The van der Waals surface area contributed by atoms with Gasteiger partial charge in [0.05, 0.1) is 26.6 Å². The first-order valence-corrected chi connectivity index (χ1v) is 8.77. The molecule has 0 radical (unpaired) electrons. The highest BCUT2D eigenvalue weighted by atomic mass is 35.5. The van der Waals surface area contributed by atoms with Crippen LogP contribution < -0.4 is 17.3 Å². The summed E-state index contributed by atoms with van der Waals surface area (Å²) in [6, 6.07) is 0. The number of nitrogens with one attached hydrogen (secondary N) is 1. The fraction of sp³-hybridized carbons (Fsp3) is 0.875. The van der Waals surface area contributed by atoms with Gasteiger partial charge in [0.1, 0.15) is 19.7 Å². The zero-order valence-corrected chi connectivity index (χ0v) is 13.6. The highest BCUT2D eigenvalue weighted by Crippen LogP contribution is 2.04. The zero-order chi connectivity index (χ0) is 14.6. The summed E-state index contributed by atoms with van der Waals surface area (Å²) >= 11 is 0. The topological polar surface area (TPSA) is 102 Å². The molecule has 0 aliphatic heterocycles. The number of rotatable bonds is 7. The fourth-order valence-electron chi connectivity index (χ4n) is 1.00. The summed E-state index contributed by atoms with van der Waals surface area (Å²) in [6.45, 7) is -0.188. The van der Waals surface area contributed by atoms with Gasteiger partial charge in [-0.15, -0.1) is 0 Å². The number of sulfonamides is 2. The van der Waals surface area contributed by atoms with Crippen molar-refractivity contribution in [2.24, 2.45) is 0 Å². The summed E-state index contributed by atoms with van der Waals surface area (Å²) in [5.41, 5.74) is 0. The Bertz CT molecular complexity index is 455. The van der Waals surface area contributed by atoms with E-state index in [1.165, 1.54) is 0 Å². The van der Waals surface area contributed by atoms with Crippen molar-refractivity contribution in [3.8, 4) is 0 Å². The lowest BCUT2D eigenvalue weighted by Crippen LogP contribution is -3.06. The number of likely N-dealkylation sites (N-methyl/N-ethyl adjacent to an activating group) is 1. The molecule has 0 bridgehead atoms. The molecule has 19 heavy (non-hydrogen) atoms. The number of halogens is 1. The van der Waals surface area contributed by atoms with E-state index in [9.17, 15) is 21.6 Å². The number of hydrogen-bond acceptors (Lipinski definition) is 6. The first kappa shape index (κ1) is 20.9. The Morgan fingerprint density at radius 2 is 1.53 bits per heavy atom. The maximum atomic E-state index is 11.3. The smallest absolute Gasteiger partial charge is 0.322 e.